The van der Waals surface area contributed by atoms with Gasteiger partial charge in [0.05, 0.1) is 19.9 Å². The van der Waals surface area contributed by atoms with Crippen molar-refractivity contribution in [3.63, 3.8) is 0 Å². The molecule has 150 valence electrons. The van der Waals surface area contributed by atoms with Gasteiger partial charge in [0.25, 0.3) is 0 Å². The lowest BCUT2D eigenvalue weighted by Crippen LogP contribution is -2.41. The summed E-state index contributed by atoms with van der Waals surface area (Å²) in [4.78, 5) is 2.32. The van der Waals surface area contributed by atoms with Gasteiger partial charge in [-0.25, -0.2) is 0 Å². The van der Waals surface area contributed by atoms with Crippen LogP contribution < -0.4 is 4.74 Å². The molecular weight excluding hydrogens is 362 g/mol. The summed E-state index contributed by atoms with van der Waals surface area (Å²) < 4.78 is 7.55. The molecule has 0 aliphatic carbocycles. The first-order valence-corrected chi connectivity index (χ1v) is 9.95. The summed E-state index contributed by atoms with van der Waals surface area (Å²) in [5, 5.41) is 11.7. The maximum Gasteiger partial charge on any atom is 0.128 e. The Hall–Kier alpha value is -3.12. The van der Waals surface area contributed by atoms with E-state index in [0.29, 0.717) is 6.54 Å². The monoisotopic (exact) mass is 389 g/mol. The number of para-hydroxylation sites is 1. The first kappa shape index (κ1) is 19.2. The van der Waals surface area contributed by atoms with Crippen LogP contribution in [0.3, 0.4) is 0 Å². The van der Waals surface area contributed by atoms with Gasteiger partial charge in [-0.05, 0) is 24.7 Å². The number of piperazine rings is 1. The molecule has 4 rings (SSSR count). The van der Waals surface area contributed by atoms with E-state index in [-0.39, 0.29) is 0 Å². The zero-order chi connectivity index (χ0) is 20.1. The summed E-state index contributed by atoms with van der Waals surface area (Å²) in [6.45, 7) is 4.66. The van der Waals surface area contributed by atoms with Crippen molar-refractivity contribution in [2.45, 2.75) is 6.54 Å². The van der Waals surface area contributed by atoms with E-state index < -0.39 is 0 Å². The first-order chi connectivity index (χ1) is 14.2. The van der Waals surface area contributed by atoms with Gasteiger partial charge in [0.15, 0.2) is 0 Å². The molecule has 0 saturated carbocycles. The topological polar surface area (TPSA) is 45.9 Å². The van der Waals surface area contributed by atoms with Crippen LogP contribution in [0, 0.1) is 0 Å². The van der Waals surface area contributed by atoms with Crippen LogP contribution in [0.2, 0.25) is 0 Å². The average molecular weight is 390 g/mol. The normalized spacial score (nSPS) is 15.2. The number of hydrogen-bond donors (Lipinski definition) is 0. The lowest BCUT2D eigenvalue weighted by molar-refractivity contribution is 0.159. The lowest BCUT2D eigenvalue weighted by Gasteiger charge is -2.30. The third-order valence-corrected chi connectivity index (χ3v) is 5.18. The molecule has 1 aliphatic heterocycles. The van der Waals surface area contributed by atoms with E-state index >= 15 is 0 Å². The summed E-state index contributed by atoms with van der Waals surface area (Å²) in [6.07, 6.45) is 4.00. The number of hydrogen-bond acceptors (Lipinski definition) is 5. The third kappa shape index (κ3) is 4.66. The van der Waals surface area contributed by atoms with Gasteiger partial charge in [-0.3, -0.25) is 9.69 Å². The summed E-state index contributed by atoms with van der Waals surface area (Å²) in [7, 11) is 3.84. The van der Waals surface area contributed by atoms with Crippen molar-refractivity contribution in [2.75, 3.05) is 40.3 Å². The van der Waals surface area contributed by atoms with Crippen LogP contribution in [0.25, 0.3) is 11.3 Å². The predicted octanol–water partition coefficient (Wildman–Crippen LogP) is 3.19. The third-order valence-electron chi connectivity index (χ3n) is 5.18. The fourth-order valence-electron chi connectivity index (χ4n) is 3.49. The SMILES string of the molecule is COc1ccccc1-c1nn(Cc2ccccc2)cc1/C=N\N1CCN(C)CC1. The van der Waals surface area contributed by atoms with Crippen LogP contribution in [0.4, 0.5) is 0 Å². The fraction of sp³-hybridized carbons (Fsp3) is 0.304. The second-order valence-electron chi connectivity index (χ2n) is 7.32. The van der Waals surface area contributed by atoms with Crippen molar-refractivity contribution in [1.29, 1.82) is 0 Å². The molecule has 29 heavy (non-hydrogen) atoms. The average Bonchev–Trinajstić information content (AvgIpc) is 3.16. The highest BCUT2D eigenvalue weighted by Crippen LogP contribution is 2.30. The quantitative estimate of drug-likeness (QED) is 0.608. The first-order valence-electron chi connectivity index (χ1n) is 9.95. The molecule has 0 radical (unpaired) electrons. The van der Waals surface area contributed by atoms with E-state index in [4.69, 9.17) is 14.9 Å². The predicted molar refractivity (Wildman–Crippen MR) is 116 cm³/mol. The van der Waals surface area contributed by atoms with E-state index in [1.807, 2.05) is 41.2 Å². The second-order valence-corrected chi connectivity index (χ2v) is 7.32. The molecule has 0 unspecified atom stereocenters. The van der Waals surface area contributed by atoms with Gasteiger partial charge in [-0.1, -0.05) is 42.5 Å². The Bertz CT molecular complexity index is 958. The summed E-state index contributed by atoms with van der Waals surface area (Å²) in [6, 6.07) is 18.3. The van der Waals surface area contributed by atoms with E-state index in [1.165, 1.54) is 5.56 Å². The van der Waals surface area contributed by atoms with Crippen molar-refractivity contribution in [1.82, 2.24) is 19.7 Å². The minimum atomic E-state index is 0.714. The zero-order valence-corrected chi connectivity index (χ0v) is 17.0. The maximum absolute atomic E-state index is 5.58. The molecule has 1 aliphatic rings. The van der Waals surface area contributed by atoms with Crippen LogP contribution in [-0.4, -0.2) is 66.2 Å². The molecule has 1 fully saturated rings. The second kappa shape index (κ2) is 8.92. The van der Waals surface area contributed by atoms with Crippen LogP contribution in [-0.2, 0) is 6.54 Å². The van der Waals surface area contributed by atoms with Gasteiger partial charge in [-0.2, -0.15) is 10.2 Å². The molecule has 6 heteroatoms. The molecule has 0 N–H and O–H groups in total. The van der Waals surface area contributed by atoms with E-state index in [0.717, 1.165) is 48.7 Å². The van der Waals surface area contributed by atoms with Crippen molar-refractivity contribution < 1.29 is 4.74 Å². The van der Waals surface area contributed by atoms with E-state index in [2.05, 4.69) is 47.4 Å². The van der Waals surface area contributed by atoms with Crippen molar-refractivity contribution in [3.05, 3.63) is 71.9 Å². The molecule has 0 bridgehead atoms. The van der Waals surface area contributed by atoms with Crippen LogP contribution in [0.1, 0.15) is 11.1 Å². The number of hydrazone groups is 1. The highest BCUT2D eigenvalue weighted by atomic mass is 16.5. The minimum Gasteiger partial charge on any atom is -0.496 e. The van der Waals surface area contributed by atoms with Crippen molar-refractivity contribution in [3.8, 4) is 17.0 Å². The van der Waals surface area contributed by atoms with Crippen LogP contribution in [0.15, 0.2) is 65.9 Å². The Kier molecular flexibility index (Phi) is 5.91. The molecule has 3 aromatic rings. The summed E-state index contributed by atoms with van der Waals surface area (Å²) in [5.41, 5.74) is 4.06. The number of benzene rings is 2. The zero-order valence-electron chi connectivity index (χ0n) is 17.0. The standard InChI is InChI=1S/C23H27N5O/c1-26-12-14-27(15-13-26)24-16-20-18-28(17-19-8-4-3-5-9-19)25-23(20)21-10-6-7-11-22(21)29-2/h3-11,16,18H,12-15,17H2,1-2H3/b24-16-. The lowest BCUT2D eigenvalue weighted by atomic mass is 10.1. The number of ether oxygens (including phenoxy) is 1. The van der Waals surface area contributed by atoms with E-state index in [9.17, 15) is 0 Å². The number of methoxy groups -OCH3 is 1. The number of likely N-dealkylation sites (N-methyl/N-ethyl adjacent to an activating group) is 1. The van der Waals surface area contributed by atoms with Gasteiger partial charge in [0.1, 0.15) is 11.4 Å². The number of nitrogens with zero attached hydrogens (tertiary/aromatic N) is 5. The Morgan fingerprint density at radius 3 is 2.48 bits per heavy atom. The number of aromatic nitrogens is 2. The van der Waals surface area contributed by atoms with Crippen LogP contribution >= 0.6 is 0 Å². The summed E-state index contributed by atoms with van der Waals surface area (Å²) in [5.74, 6) is 0.812. The van der Waals surface area contributed by atoms with Gasteiger partial charge in [0.2, 0.25) is 0 Å². The van der Waals surface area contributed by atoms with Gasteiger partial charge >= 0.3 is 0 Å². The Morgan fingerprint density at radius 1 is 1.00 bits per heavy atom. The Balaban J connectivity index is 1.66. The van der Waals surface area contributed by atoms with Gasteiger partial charge < -0.3 is 9.64 Å². The fourth-order valence-corrected chi connectivity index (χ4v) is 3.49. The highest BCUT2D eigenvalue weighted by molar-refractivity contribution is 5.89. The molecule has 6 nitrogen and oxygen atoms in total. The minimum absolute atomic E-state index is 0.714. The van der Waals surface area contributed by atoms with E-state index in [1.54, 1.807) is 7.11 Å². The summed E-state index contributed by atoms with van der Waals surface area (Å²) >= 11 is 0. The molecule has 1 aromatic heterocycles. The molecule has 0 atom stereocenters. The van der Waals surface area contributed by atoms with Crippen LogP contribution in [0.5, 0.6) is 5.75 Å². The molecule has 0 amide bonds. The Labute approximate surface area is 172 Å². The highest BCUT2D eigenvalue weighted by Gasteiger charge is 2.16. The molecule has 2 aromatic carbocycles. The maximum atomic E-state index is 5.58. The Morgan fingerprint density at radius 2 is 1.72 bits per heavy atom. The van der Waals surface area contributed by atoms with Crippen molar-refractivity contribution >= 4 is 6.21 Å². The largest absolute Gasteiger partial charge is 0.496 e. The molecule has 2 heterocycles. The number of rotatable bonds is 6. The molecule has 0 spiro atoms. The van der Waals surface area contributed by atoms with Gasteiger partial charge in [0, 0.05) is 43.5 Å². The molecular formula is C23H27N5O. The van der Waals surface area contributed by atoms with Gasteiger partial charge in [-0.15, -0.1) is 0 Å². The molecule has 1 saturated heterocycles. The smallest absolute Gasteiger partial charge is 0.128 e. The van der Waals surface area contributed by atoms with Crippen molar-refractivity contribution in [2.24, 2.45) is 5.10 Å².